The first-order valence-electron chi connectivity index (χ1n) is 3.95. The fraction of sp³-hybridized carbons (Fsp3) is 0.625. The number of aromatic nitrogens is 2. The van der Waals surface area contributed by atoms with Crippen LogP contribution in [-0.4, -0.2) is 21.0 Å². The molecule has 3 heteroatoms. The molecule has 1 heterocycles. The summed E-state index contributed by atoms with van der Waals surface area (Å²) >= 11 is 0. The van der Waals surface area contributed by atoms with E-state index >= 15 is 0 Å². The Hall–Kier alpha value is -0.830. The van der Waals surface area contributed by atoms with Crippen molar-refractivity contribution in [3.63, 3.8) is 0 Å². The molecule has 1 aliphatic rings. The van der Waals surface area contributed by atoms with Crippen molar-refractivity contribution < 1.29 is 5.11 Å². The number of hydrogen-bond acceptors (Lipinski definition) is 2. The van der Waals surface area contributed by atoms with E-state index in [1.165, 1.54) is 0 Å². The van der Waals surface area contributed by atoms with Crippen LogP contribution in [0.25, 0.3) is 0 Å². The molecule has 60 valence electrons. The van der Waals surface area contributed by atoms with E-state index in [-0.39, 0.29) is 6.10 Å². The van der Waals surface area contributed by atoms with E-state index in [0.717, 1.165) is 18.5 Å². The van der Waals surface area contributed by atoms with Gasteiger partial charge in [0.1, 0.15) is 0 Å². The molecular weight excluding hydrogens is 140 g/mol. The largest absolute Gasteiger partial charge is 0.392 e. The molecule has 0 bridgehead atoms. The average Bonchev–Trinajstić information content (AvgIpc) is 2.34. The smallest absolute Gasteiger partial charge is 0.0624 e. The van der Waals surface area contributed by atoms with Crippen LogP contribution < -0.4 is 0 Å². The van der Waals surface area contributed by atoms with Gasteiger partial charge >= 0.3 is 0 Å². The van der Waals surface area contributed by atoms with Crippen molar-refractivity contribution in [3.05, 3.63) is 18.0 Å². The van der Waals surface area contributed by atoms with Gasteiger partial charge in [-0.15, -0.1) is 0 Å². The van der Waals surface area contributed by atoms with Gasteiger partial charge in [-0.1, -0.05) is 0 Å². The van der Waals surface area contributed by atoms with Gasteiger partial charge in [-0.05, 0) is 18.9 Å². The number of aryl methyl sites for hydroxylation is 1. The summed E-state index contributed by atoms with van der Waals surface area (Å²) in [5.41, 5.74) is 1.16. The Morgan fingerprint density at radius 2 is 2.45 bits per heavy atom. The lowest BCUT2D eigenvalue weighted by Gasteiger charge is -2.32. The molecule has 2 atom stereocenters. The maximum Gasteiger partial charge on any atom is 0.0624 e. The molecule has 0 aliphatic heterocycles. The van der Waals surface area contributed by atoms with Crippen LogP contribution in [0.3, 0.4) is 0 Å². The predicted molar refractivity (Wildman–Crippen MR) is 41.2 cm³/mol. The lowest BCUT2D eigenvalue weighted by Crippen LogP contribution is -2.30. The van der Waals surface area contributed by atoms with E-state index in [1.807, 2.05) is 17.8 Å². The molecule has 1 aliphatic carbocycles. The molecule has 0 saturated heterocycles. The molecule has 0 radical (unpaired) electrons. The molecule has 1 aromatic rings. The molecule has 0 amide bonds. The Kier molecular flexibility index (Phi) is 1.46. The summed E-state index contributed by atoms with van der Waals surface area (Å²) in [6.45, 7) is 0. The minimum atomic E-state index is -0.134. The highest BCUT2D eigenvalue weighted by molar-refractivity contribution is 5.13. The van der Waals surface area contributed by atoms with Gasteiger partial charge in [-0.3, -0.25) is 4.68 Å². The zero-order valence-electron chi connectivity index (χ0n) is 6.57. The fourth-order valence-electron chi connectivity index (χ4n) is 1.58. The van der Waals surface area contributed by atoms with E-state index < -0.39 is 0 Å². The van der Waals surface area contributed by atoms with Crippen LogP contribution in [0, 0.1) is 0 Å². The predicted octanol–water partition coefficient (Wildman–Crippen LogP) is 0.658. The summed E-state index contributed by atoms with van der Waals surface area (Å²) in [6.07, 6.45) is 3.68. The number of hydrogen-bond donors (Lipinski definition) is 1. The first kappa shape index (κ1) is 6.85. The number of rotatable bonds is 1. The highest BCUT2D eigenvalue weighted by Crippen LogP contribution is 2.36. The summed E-state index contributed by atoms with van der Waals surface area (Å²) in [5, 5.41) is 13.4. The van der Waals surface area contributed by atoms with Gasteiger partial charge in [0.15, 0.2) is 0 Å². The van der Waals surface area contributed by atoms with Crippen LogP contribution >= 0.6 is 0 Å². The highest BCUT2D eigenvalue weighted by atomic mass is 16.3. The number of nitrogens with zero attached hydrogens (tertiary/aromatic N) is 2. The summed E-state index contributed by atoms with van der Waals surface area (Å²) in [7, 11) is 1.92. The molecule has 0 aromatic carbocycles. The first-order valence-corrected chi connectivity index (χ1v) is 3.95. The normalized spacial score (nSPS) is 30.0. The van der Waals surface area contributed by atoms with Crippen LogP contribution in [0.15, 0.2) is 12.3 Å². The Morgan fingerprint density at radius 1 is 1.64 bits per heavy atom. The Labute approximate surface area is 65.7 Å². The molecule has 0 spiro atoms. The maximum absolute atomic E-state index is 9.36. The lowest BCUT2D eigenvalue weighted by atomic mass is 9.80. The quantitative estimate of drug-likeness (QED) is 0.642. The van der Waals surface area contributed by atoms with E-state index in [2.05, 4.69) is 5.10 Å². The third-order valence-electron chi connectivity index (χ3n) is 2.48. The topological polar surface area (TPSA) is 38.0 Å². The van der Waals surface area contributed by atoms with Crippen molar-refractivity contribution in [3.8, 4) is 0 Å². The molecular formula is C8H12N2O. The maximum atomic E-state index is 9.36. The van der Waals surface area contributed by atoms with E-state index in [0.29, 0.717) is 5.92 Å². The zero-order valence-corrected chi connectivity index (χ0v) is 6.57. The molecule has 1 fully saturated rings. The Morgan fingerprint density at radius 3 is 2.82 bits per heavy atom. The second-order valence-electron chi connectivity index (χ2n) is 3.13. The Balaban J connectivity index is 2.22. The van der Waals surface area contributed by atoms with Gasteiger partial charge in [-0.25, -0.2) is 0 Å². The molecule has 3 nitrogen and oxygen atoms in total. The van der Waals surface area contributed by atoms with Crippen molar-refractivity contribution in [2.75, 3.05) is 0 Å². The number of aliphatic hydroxyl groups is 1. The molecule has 1 aromatic heterocycles. The fourth-order valence-corrected chi connectivity index (χ4v) is 1.58. The Bertz CT molecular complexity index is 256. The summed E-state index contributed by atoms with van der Waals surface area (Å²) < 4.78 is 1.84. The average molecular weight is 152 g/mol. The zero-order chi connectivity index (χ0) is 7.84. The monoisotopic (exact) mass is 152 g/mol. The van der Waals surface area contributed by atoms with Crippen LogP contribution in [0.5, 0.6) is 0 Å². The van der Waals surface area contributed by atoms with E-state index in [1.54, 1.807) is 6.20 Å². The summed E-state index contributed by atoms with van der Waals surface area (Å²) in [6, 6.07) is 1.98. The standard InChI is InChI=1S/C8H12N2O/c1-10-7(4-5-9-10)6-2-3-8(6)11/h4-6,8,11H,2-3H2,1H3. The molecule has 11 heavy (non-hydrogen) atoms. The third kappa shape index (κ3) is 0.959. The van der Waals surface area contributed by atoms with Crippen LogP contribution in [0.1, 0.15) is 24.5 Å². The summed E-state index contributed by atoms with van der Waals surface area (Å²) in [4.78, 5) is 0. The minimum absolute atomic E-state index is 0.134. The minimum Gasteiger partial charge on any atom is -0.392 e. The third-order valence-corrected chi connectivity index (χ3v) is 2.48. The summed E-state index contributed by atoms with van der Waals surface area (Å²) in [5.74, 6) is 0.336. The first-order chi connectivity index (χ1) is 5.29. The second-order valence-corrected chi connectivity index (χ2v) is 3.13. The van der Waals surface area contributed by atoms with Crippen molar-refractivity contribution in [1.82, 2.24) is 9.78 Å². The van der Waals surface area contributed by atoms with Gasteiger partial charge in [0.05, 0.1) is 6.10 Å². The van der Waals surface area contributed by atoms with Crippen LogP contribution in [0.4, 0.5) is 0 Å². The molecule has 1 saturated carbocycles. The molecule has 1 N–H and O–H groups in total. The van der Waals surface area contributed by atoms with Crippen molar-refractivity contribution >= 4 is 0 Å². The van der Waals surface area contributed by atoms with Crippen LogP contribution in [-0.2, 0) is 7.05 Å². The van der Waals surface area contributed by atoms with E-state index in [9.17, 15) is 5.11 Å². The van der Waals surface area contributed by atoms with Crippen molar-refractivity contribution in [2.24, 2.45) is 7.05 Å². The number of aliphatic hydroxyl groups excluding tert-OH is 1. The molecule has 2 rings (SSSR count). The highest BCUT2D eigenvalue weighted by Gasteiger charge is 2.31. The van der Waals surface area contributed by atoms with Crippen molar-refractivity contribution in [2.45, 2.75) is 24.9 Å². The van der Waals surface area contributed by atoms with E-state index in [4.69, 9.17) is 0 Å². The van der Waals surface area contributed by atoms with Gasteiger partial charge in [-0.2, -0.15) is 5.10 Å². The van der Waals surface area contributed by atoms with Gasteiger partial charge in [0.2, 0.25) is 0 Å². The SMILES string of the molecule is Cn1nccc1C1CCC1O. The van der Waals surface area contributed by atoms with Crippen LogP contribution in [0.2, 0.25) is 0 Å². The van der Waals surface area contributed by atoms with Gasteiger partial charge in [0.25, 0.3) is 0 Å². The lowest BCUT2D eigenvalue weighted by molar-refractivity contribution is 0.0624. The van der Waals surface area contributed by atoms with Crippen molar-refractivity contribution in [1.29, 1.82) is 0 Å². The van der Waals surface area contributed by atoms with Gasteiger partial charge < -0.3 is 5.11 Å². The second kappa shape index (κ2) is 2.34. The van der Waals surface area contributed by atoms with Gasteiger partial charge in [0, 0.05) is 24.9 Å². The molecule has 2 unspecified atom stereocenters.